The van der Waals surface area contributed by atoms with Crippen LogP contribution in [0.1, 0.15) is 155 Å². The van der Waals surface area contributed by atoms with Crippen molar-refractivity contribution in [1.82, 2.24) is 69.1 Å². The number of nitrogens with zero attached hydrogens (tertiary/aromatic N) is 2. The van der Waals surface area contributed by atoms with Crippen molar-refractivity contribution in [3.05, 3.63) is 65.7 Å². The van der Waals surface area contributed by atoms with Gasteiger partial charge >= 0.3 is 18.0 Å². The Labute approximate surface area is 679 Å². The zero-order valence-electron chi connectivity index (χ0n) is 67.2. The van der Waals surface area contributed by atoms with Gasteiger partial charge in [-0.1, -0.05) is 83.0 Å². The van der Waals surface area contributed by atoms with Crippen molar-refractivity contribution in [2.75, 3.05) is 39.3 Å². The van der Waals surface area contributed by atoms with Gasteiger partial charge in [-0.05, 0) is 145 Å². The van der Waals surface area contributed by atoms with E-state index in [1.165, 1.54) is 31.2 Å². The molecule has 0 aliphatic heterocycles. The van der Waals surface area contributed by atoms with Crippen molar-refractivity contribution >= 4 is 101 Å². The Morgan fingerprint density at radius 2 is 0.718 bits per heavy atom. The molecular weight excluding hydrogens is 1530 g/mol. The van der Waals surface area contributed by atoms with Crippen LogP contribution in [0.5, 0.6) is 5.75 Å². The van der Waals surface area contributed by atoms with Gasteiger partial charge in [0, 0.05) is 39.0 Å². The van der Waals surface area contributed by atoms with Crippen LogP contribution in [0.25, 0.3) is 0 Å². The van der Waals surface area contributed by atoms with Crippen LogP contribution in [0.4, 0.5) is 9.59 Å². The predicted octanol–water partition coefficient (Wildman–Crippen LogP) is -6.47. The summed E-state index contributed by atoms with van der Waals surface area (Å²) in [6, 6.07) is -6.57. The fourth-order valence-corrected chi connectivity index (χ4v) is 11.7. The van der Waals surface area contributed by atoms with E-state index < -0.39 is 180 Å². The summed E-state index contributed by atoms with van der Waals surface area (Å²) in [4.78, 5) is 215. The number of phenolic OH excluding ortho intramolecular Hbond substituents is 1. The highest BCUT2D eigenvalue weighted by Crippen LogP contribution is 2.17. The molecule has 117 heavy (non-hydrogen) atoms. The number of urea groups is 2. The molecule has 43 nitrogen and oxygen atoms in total. The van der Waals surface area contributed by atoms with Gasteiger partial charge in [0.05, 0.1) is 18.6 Å². The zero-order chi connectivity index (χ0) is 87.9. The summed E-state index contributed by atoms with van der Waals surface area (Å²) in [5.74, 6) is -15.4. The van der Waals surface area contributed by atoms with Crippen LogP contribution in [0.3, 0.4) is 0 Å². The Hall–Kier alpha value is -11.7. The molecule has 0 spiro atoms. The topological polar surface area (TPSA) is 758 Å². The number of aliphatic hydroxyl groups excluding tert-OH is 1. The Balaban J connectivity index is 2.67. The van der Waals surface area contributed by atoms with E-state index in [4.69, 9.17) is 57.3 Å². The molecule has 654 valence electrons. The highest BCUT2D eigenvalue weighted by atomic mass is 16.4. The van der Waals surface area contributed by atoms with Crippen LogP contribution in [-0.2, 0) is 75.2 Å². The van der Waals surface area contributed by atoms with Crippen LogP contribution in [0, 0.1) is 11.8 Å². The summed E-state index contributed by atoms with van der Waals surface area (Å²) in [5, 5.41) is 64.3. The average molecular weight is 1650 g/mol. The van der Waals surface area contributed by atoms with E-state index in [-0.39, 0.29) is 159 Å². The molecule has 2 aromatic rings. The normalized spacial score (nSPS) is 14.8. The fraction of sp³-hybridized carbons (Fsp3) is 0.608. The second-order valence-electron chi connectivity index (χ2n) is 28.5. The molecule has 43 heteroatoms. The van der Waals surface area contributed by atoms with Crippen molar-refractivity contribution in [2.45, 2.75) is 235 Å². The van der Waals surface area contributed by atoms with Gasteiger partial charge in [-0.15, -0.1) is 0 Å². The molecule has 0 saturated heterocycles. The van der Waals surface area contributed by atoms with E-state index in [0.717, 1.165) is 6.92 Å². The molecule has 0 aromatic heterocycles. The quantitative estimate of drug-likeness (QED) is 0.0166. The highest BCUT2D eigenvalue weighted by molar-refractivity contribution is 6.00. The van der Waals surface area contributed by atoms with E-state index >= 15 is 0 Å². The van der Waals surface area contributed by atoms with Gasteiger partial charge in [-0.3, -0.25) is 67.5 Å². The van der Waals surface area contributed by atoms with Crippen molar-refractivity contribution in [3.63, 3.8) is 0 Å². The minimum atomic E-state index is -2.00. The first kappa shape index (κ1) is 101. The maximum Gasteiger partial charge on any atom is 0.326 e. The molecule has 2 aromatic carbocycles. The molecule has 0 unspecified atom stereocenters. The number of benzene rings is 2. The van der Waals surface area contributed by atoms with Crippen LogP contribution < -0.4 is 126 Å². The number of unbranched alkanes of at least 4 members (excludes halogenated alkanes) is 2. The smallest absolute Gasteiger partial charge is 0.326 e. The standard InChI is InChI=1S/C74H125N25O18/c1-6-40(3)56(78)67(111)94-50(24-16-34-86-72(81)82)61(105)90-49(25-17-35-87-73(83)116)62(106)95-52(37-44-27-29-45(101)30-28-44)65(109)92-46(21-11-13-31-75)59(103)91-51(26-18-36-88-74(84)117)64(108)98-57(41(4)7-2)68(112)99-58(42(5)100)69(113)96-53(39-55(77)102)66(110)93-48(23-15-33-85-71(79)80)60(104)89-47(22-12-14-32-76)63(107)97-54(70(114)115)38-43-19-9-8-10-20-43/h8-10,19-20,27-30,40-42,46-54,56-58,100-101H,6-7,11-18,21-26,31-39,75-76,78H2,1-5H3,(H2,77,102)(H,89,104)(H,90,105)(H,91,103)(H,92,109)(H,93,110)(H,94,111)(H,95,106)(H,96,113)(H,97,107)(H,98,108)(H,99,112)(H,114,115)(H4,79,80,85)(H4,81,82,86)(H3,83,87,116)(H3,84,88,117)/t40-,41-,42+,46-,47-,48-,49-,50-,51-,52-,53-,54-,56-,57-,58-/m0/s1. The van der Waals surface area contributed by atoms with Gasteiger partial charge in [0.15, 0.2) is 11.9 Å². The second-order valence-corrected chi connectivity index (χ2v) is 28.5. The van der Waals surface area contributed by atoms with E-state index in [2.05, 4.69) is 79.1 Å². The van der Waals surface area contributed by atoms with Crippen LogP contribution in [0.2, 0.25) is 0 Å². The first-order valence-electron chi connectivity index (χ1n) is 39.0. The minimum Gasteiger partial charge on any atom is -0.508 e. The largest absolute Gasteiger partial charge is 0.508 e. The molecule has 2 rings (SSSR count). The summed E-state index contributed by atoms with van der Waals surface area (Å²) in [5.41, 5.74) is 57.1. The van der Waals surface area contributed by atoms with Crippen molar-refractivity contribution in [2.24, 2.45) is 79.2 Å². The molecule has 0 heterocycles. The van der Waals surface area contributed by atoms with E-state index in [1.54, 1.807) is 44.2 Å². The summed E-state index contributed by atoms with van der Waals surface area (Å²) in [7, 11) is 0. The number of aliphatic imine (C=N–C) groups is 2. The maximum atomic E-state index is 15.0. The Morgan fingerprint density at radius 1 is 0.385 bits per heavy atom. The Kier molecular flexibility index (Phi) is 47.6. The molecular formula is C74H125N25O18. The number of aliphatic carboxylic acids is 1. The lowest BCUT2D eigenvalue weighted by molar-refractivity contribution is -0.142. The lowest BCUT2D eigenvalue weighted by Crippen LogP contribution is -2.63. The minimum absolute atomic E-state index is 0.000507. The number of primary amides is 3. The van der Waals surface area contributed by atoms with Crippen molar-refractivity contribution in [3.8, 4) is 5.75 Å². The zero-order valence-corrected chi connectivity index (χ0v) is 67.2. The van der Waals surface area contributed by atoms with Crippen LogP contribution in [0.15, 0.2) is 64.6 Å². The first-order valence-corrected chi connectivity index (χ1v) is 39.0. The third-order valence-corrected chi connectivity index (χ3v) is 18.9. The number of nitrogens with one attached hydrogen (secondary N) is 13. The number of aromatic hydroxyl groups is 1. The number of carbonyl (C=O) groups excluding carboxylic acids is 14. The Morgan fingerprint density at radius 3 is 1.10 bits per heavy atom. The van der Waals surface area contributed by atoms with E-state index in [1.807, 2.05) is 6.92 Å². The number of aliphatic hydroxyl groups is 1. The molecule has 16 amide bonds. The average Bonchev–Trinajstić information content (AvgIpc) is 0.854. The second kappa shape index (κ2) is 54.9. The summed E-state index contributed by atoms with van der Waals surface area (Å²) in [6.45, 7) is 7.85. The molecule has 15 atom stereocenters. The number of hydrogen-bond donors (Lipinski definition) is 26. The van der Waals surface area contributed by atoms with Gasteiger partial charge in [-0.2, -0.15) is 0 Å². The summed E-state index contributed by atoms with van der Waals surface area (Å²) in [6.07, 6.45) is -2.32. The third kappa shape index (κ3) is 40.4. The van der Waals surface area contributed by atoms with Crippen LogP contribution >= 0.6 is 0 Å². The number of phenols is 1. The number of carbonyl (C=O) groups is 15. The maximum absolute atomic E-state index is 15.0. The lowest BCUT2D eigenvalue weighted by atomic mass is 9.96. The SMILES string of the molecule is CC[C@H](C)[C@H](N)C(=O)N[C@@H](CCCN=C(N)N)C(=O)N[C@@H](CCCNC(N)=O)C(=O)N[C@@H](Cc1ccc(O)cc1)C(=O)N[C@@H](CCCCN)C(=O)N[C@@H](CCCNC(N)=O)C(=O)N[C@H](C(=O)N[C@H](C(=O)N[C@@H](CC(N)=O)C(=O)N[C@@H](CCCN=C(N)N)C(=O)N[C@@H](CCCCN)C(=O)N[C@@H](Cc1ccccc1)C(=O)O)[C@@H](C)O)[C@@H](C)CC. The molecule has 0 aliphatic rings. The predicted molar refractivity (Wildman–Crippen MR) is 432 cm³/mol. The third-order valence-electron chi connectivity index (χ3n) is 18.9. The Bertz CT molecular complexity index is 3610. The van der Waals surface area contributed by atoms with Crippen LogP contribution in [-0.4, -0.2) is 234 Å². The van der Waals surface area contributed by atoms with Gasteiger partial charge in [0.2, 0.25) is 70.9 Å². The van der Waals surface area contributed by atoms with Gasteiger partial charge in [0.1, 0.15) is 72.2 Å². The highest BCUT2D eigenvalue weighted by Gasteiger charge is 2.39. The lowest BCUT2D eigenvalue weighted by Gasteiger charge is -2.30. The number of guanidine groups is 2. The van der Waals surface area contributed by atoms with Gasteiger partial charge in [-0.25, -0.2) is 14.4 Å². The molecule has 0 saturated carbocycles. The molecule has 36 N–H and O–H groups in total. The number of carboxylic acids is 1. The number of amides is 16. The number of carboxylic acid groups (broad SMARTS) is 1. The summed E-state index contributed by atoms with van der Waals surface area (Å²) < 4.78 is 0. The molecule has 0 aliphatic carbocycles. The molecule has 0 radical (unpaired) electrons. The van der Waals surface area contributed by atoms with E-state index in [0.29, 0.717) is 30.4 Å². The summed E-state index contributed by atoms with van der Waals surface area (Å²) >= 11 is 0. The monoisotopic (exact) mass is 1650 g/mol. The van der Waals surface area contributed by atoms with Crippen molar-refractivity contribution < 1.29 is 87.2 Å². The molecule has 0 fully saturated rings. The van der Waals surface area contributed by atoms with Crippen molar-refractivity contribution in [1.29, 1.82) is 0 Å². The van der Waals surface area contributed by atoms with Gasteiger partial charge in [0.25, 0.3) is 0 Å². The first-order chi connectivity index (χ1) is 55.4. The number of rotatable bonds is 58. The van der Waals surface area contributed by atoms with E-state index in [9.17, 15) is 87.2 Å². The fourth-order valence-electron chi connectivity index (χ4n) is 11.7. The van der Waals surface area contributed by atoms with Gasteiger partial charge < -0.3 is 142 Å². The number of hydrogen-bond acceptors (Lipinski definition) is 22. The molecule has 0 bridgehead atoms. The number of nitrogens with two attached hydrogens (primary N) is 10.